The van der Waals surface area contributed by atoms with Crippen LogP contribution in [0.2, 0.25) is 13.4 Å². The van der Waals surface area contributed by atoms with Crippen molar-refractivity contribution < 1.29 is 9.53 Å². The van der Waals surface area contributed by atoms with Crippen LogP contribution in [0.25, 0.3) is 0 Å². The quantitative estimate of drug-likeness (QED) is 0.209. The number of allylic oxidation sites excluding steroid dienone is 11. The molecular weight excluding hydrogens is 703 g/mol. The summed E-state index contributed by atoms with van der Waals surface area (Å²) in [5.41, 5.74) is 5.13. The Morgan fingerprint density at radius 1 is 0.878 bits per heavy atom. The van der Waals surface area contributed by atoms with Gasteiger partial charge < -0.3 is 0 Å². The van der Waals surface area contributed by atoms with Crippen LogP contribution in [0.15, 0.2) is 78.2 Å². The van der Waals surface area contributed by atoms with E-state index in [9.17, 15) is 4.79 Å². The van der Waals surface area contributed by atoms with Crippen molar-refractivity contribution in [3.05, 3.63) is 78.2 Å². The second-order valence-corrected chi connectivity index (χ2v) is 25.2. The van der Waals surface area contributed by atoms with Gasteiger partial charge >= 0.3 is 271 Å². The summed E-state index contributed by atoms with van der Waals surface area (Å²) in [6.07, 6.45) is 14.3. The molecule has 3 rings (SSSR count). The molecule has 1 aliphatic carbocycles. The van der Waals surface area contributed by atoms with E-state index in [4.69, 9.17) is 4.74 Å². The summed E-state index contributed by atoms with van der Waals surface area (Å²) in [5.74, 6) is 0.130. The zero-order valence-corrected chi connectivity index (χ0v) is 32.6. The minimum absolute atomic E-state index is 0.125. The van der Waals surface area contributed by atoms with Gasteiger partial charge in [-0.05, 0) is 0 Å². The van der Waals surface area contributed by atoms with E-state index in [2.05, 4.69) is 132 Å². The van der Waals surface area contributed by atoms with Crippen molar-refractivity contribution in [3.8, 4) is 0 Å². The third-order valence-electron chi connectivity index (χ3n) is 6.27. The average molecular weight is 755 g/mol. The summed E-state index contributed by atoms with van der Waals surface area (Å²) in [5, 5.41) is 3.60. The Kier molecular flexibility index (Phi) is 10.9. The molecule has 2 aliphatic heterocycles. The summed E-state index contributed by atoms with van der Waals surface area (Å²) >= 11 is 0.792. The van der Waals surface area contributed by atoms with Crippen molar-refractivity contribution in [1.82, 2.24) is 5.32 Å². The topological polar surface area (TPSA) is 38.3 Å². The molecule has 0 aromatic heterocycles. The third kappa shape index (κ3) is 10.0. The van der Waals surface area contributed by atoms with Crippen molar-refractivity contribution in [2.24, 2.45) is 10.8 Å². The standard InChI is InChI=1S/C35H51NO2Se3/c1-14-15-36-30-24(16-22-18-26(32(2,3)4)39-27(19-22)33(5,6)7)31(37)25(30)17-23-20-28(40-34(8,9)10)38-29(21-23)41-35(11,12)13/h16-21,26,36H,14-15H2,1-13H3. The van der Waals surface area contributed by atoms with Crippen LogP contribution in [-0.2, 0) is 9.53 Å². The molecule has 3 aliphatic rings. The SMILES string of the molecule is CCCNC1=C(C=C2C=C([Se]C(C)(C)C)OC([Se]C(C)(C)C)=C2)C(=O)C1=CC1=CC(C(C)(C)C)[Se]C(C(C)(C)C)=C1. The molecular formula is C35H51NO2Se3. The Bertz CT molecular complexity index is 1230. The van der Waals surface area contributed by atoms with Crippen LogP contribution in [-0.4, -0.2) is 57.2 Å². The number of hydrogen-bond donors (Lipinski definition) is 1. The molecule has 0 bridgehead atoms. The van der Waals surface area contributed by atoms with E-state index in [0.29, 0.717) is 19.8 Å². The zero-order chi connectivity index (χ0) is 31.0. The molecule has 1 atom stereocenters. The van der Waals surface area contributed by atoms with Gasteiger partial charge in [-0.1, -0.05) is 0 Å². The Balaban J connectivity index is 2.08. The van der Waals surface area contributed by atoms with Crippen LogP contribution in [0.3, 0.4) is 0 Å². The first-order valence-corrected chi connectivity index (χ1v) is 20.0. The number of carbonyl (C=O) groups excluding carboxylic acids is 1. The van der Waals surface area contributed by atoms with Crippen LogP contribution in [0, 0.1) is 10.8 Å². The van der Waals surface area contributed by atoms with Gasteiger partial charge in [-0.2, -0.15) is 0 Å². The van der Waals surface area contributed by atoms with Gasteiger partial charge in [-0.15, -0.1) is 0 Å². The van der Waals surface area contributed by atoms with Gasteiger partial charge in [-0.25, -0.2) is 0 Å². The second-order valence-electron chi connectivity index (χ2n) is 15.0. The van der Waals surface area contributed by atoms with Crippen LogP contribution < -0.4 is 5.32 Å². The summed E-state index contributed by atoms with van der Waals surface area (Å²) in [4.78, 5) is 14.2. The molecule has 0 spiro atoms. The number of carbonyl (C=O) groups is 1. The van der Waals surface area contributed by atoms with Crippen LogP contribution in [0.5, 0.6) is 0 Å². The molecule has 0 saturated heterocycles. The summed E-state index contributed by atoms with van der Waals surface area (Å²) in [6, 6.07) is 0. The van der Waals surface area contributed by atoms with Gasteiger partial charge in [0.25, 0.3) is 0 Å². The Morgan fingerprint density at radius 3 is 1.90 bits per heavy atom. The number of nitrogens with one attached hydrogen (secondary N) is 1. The van der Waals surface area contributed by atoms with Crippen molar-refractivity contribution in [3.63, 3.8) is 0 Å². The van der Waals surface area contributed by atoms with Gasteiger partial charge in [0.15, 0.2) is 0 Å². The van der Waals surface area contributed by atoms with Crippen molar-refractivity contribution in [2.75, 3.05) is 6.54 Å². The van der Waals surface area contributed by atoms with E-state index in [-0.39, 0.29) is 55.2 Å². The second kappa shape index (κ2) is 12.9. The summed E-state index contributed by atoms with van der Waals surface area (Å²) in [7, 11) is 0. The zero-order valence-electron chi connectivity index (χ0n) is 27.5. The van der Waals surface area contributed by atoms with Gasteiger partial charge in [0, 0.05) is 0 Å². The molecule has 6 heteroatoms. The molecule has 0 fully saturated rings. The van der Waals surface area contributed by atoms with Gasteiger partial charge in [0.1, 0.15) is 0 Å². The fraction of sp³-hybridized carbons (Fsp3) is 0.571. The molecule has 1 N–H and O–H groups in total. The maximum atomic E-state index is 13.7. The molecule has 226 valence electrons. The predicted octanol–water partition coefficient (Wildman–Crippen LogP) is 8.64. The van der Waals surface area contributed by atoms with E-state index >= 15 is 0 Å². The Hall–Kier alpha value is -0.992. The van der Waals surface area contributed by atoms with Gasteiger partial charge in [0.2, 0.25) is 0 Å². The number of hydrogen-bond acceptors (Lipinski definition) is 3. The van der Waals surface area contributed by atoms with Crippen LogP contribution >= 0.6 is 0 Å². The molecule has 0 radical (unpaired) electrons. The number of ketones is 1. The number of rotatable bonds is 7. The molecule has 0 aromatic carbocycles. The monoisotopic (exact) mass is 757 g/mol. The van der Waals surface area contributed by atoms with E-state index < -0.39 is 0 Å². The fourth-order valence-electron chi connectivity index (χ4n) is 4.25. The van der Waals surface area contributed by atoms with E-state index in [1.54, 1.807) is 0 Å². The molecule has 41 heavy (non-hydrogen) atoms. The Labute approximate surface area is 269 Å². The third-order valence-corrected chi connectivity index (χ3v) is 14.9. The summed E-state index contributed by atoms with van der Waals surface area (Å²) in [6.45, 7) is 30.5. The average Bonchev–Trinajstić information content (AvgIpc) is 2.78. The van der Waals surface area contributed by atoms with Gasteiger partial charge in [-0.3, -0.25) is 0 Å². The van der Waals surface area contributed by atoms with Crippen molar-refractivity contribution in [2.45, 2.75) is 110 Å². The van der Waals surface area contributed by atoms with Crippen molar-refractivity contribution >= 4 is 50.7 Å². The predicted molar refractivity (Wildman–Crippen MR) is 179 cm³/mol. The van der Waals surface area contributed by atoms with Crippen LogP contribution in [0.4, 0.5) is 0 Å². The first-order chi connectivity index (χ1) is 18.7. The molecule has 0 amide bonds. The van der Waals surface area contributed by atoms with Gasteiger partial charge in [0.05, 0.1) is 0 Å². The molecule has 0 aromatic rings. The molecule has 1 unspecified atom stereocenters. The molecule has 2 heterocycles. The summed E-state index contributed by atoms with van der Waals surface area (Å²) < 4.78 is 10.4. The minimum atomic E-state index is 0.125. The molecule has 0 saturated carbocycles. The fourth-order valence-corrected chi connectivity index (χ4v) is 11.4. The number of Topliss-reactive ketones (excluding diaryl/α,β-unsaturated/α-hetero) is 1. The first kappa shape index (κ1) is 34.5. The Morgan fingerprint density at radius 2 is 1.44 bits per heavy atom. The van der Waals surface area contributed by atoms with Crippen molar-refractivity contribution in [1.29, 1.82) is 0 Å². The van der Waals surface area contributed by atoms with Crippen LogP contribution in [0.1, 0.15) is 96.4 Å². The number of ether oxygens (including phenoxy) is 1. The van der Waals surface area contributed by atoms with E-state index in [1.165, 1.54) is 10.0 Å². The first-order valence-electron chi connectivity index (χ1n) is 14.7. The normalized spacial score (nSPS) is 21.6. The van der Waals surface area contributed by atoms with E-state index in [0.717, 1.165) is 44.7 Å². The van der Waals surface area contributed by atoms with E-state index in [1.807, 2.05) is 0 Å². The maximum absolute atomic E-state index is 13.7. The molecule has 3 nitrogen and oxygen atoms in total.